The van der Waals surface area contributed by atoms with E-state index in [9.17, 15) is 4.79 Å². The third-order valence-corrected chi connectivity index (χ3v) is 2.82. The van der Waals surface area contributed by atoms with Gasteiger partial charge in [0.25, 0.3) is 5.91 Å². The molecule has 4 heteroatoms. The van der Waals surface area contributed by atoms with Gasteiger partial charge in [0.05, 0.1) is 12.2 Å². The van der Waals surface area contributed by atoms with E-state index in [0.717, 1.165) is 5.56 Å². The van der Waals surface area contributed by atoms with Crippen LogP contribution in [0, 0.1) is 6.92 Å². The Balaban J connectivity index is 2.79. The van der Waals surface area contributed by atoms with Gasteiger partial charge in [-0.25, -0.2) is 0 Å². The van der Waals surface area contributed by atoms with Crippen molar-refractivity contribution < 1.29 is 9.53 Å². The highest BCUT2D eigenvalue weighted by molar-refractivity contribution is 5.99. The number of hydrogen-bond donors (Lipinski definition) is 1. The number of carbonyl (C=O) groups excluding carboxylic acids is 1. The summed E-state index contributed by atoms with van der Waals surface area (Å²) in [5.74, 6) is -0.0293. The maximum atomic E-state index is 12.3. The average Bonchev–Trinajstić information content (AvgIpc) is 2.37. The molecule has 0 radical (unpaired) electrons. The van der Waals surface area contributed by atoms with Crippen molar-refractivity contribution in [2.24, 2.45) is 0 Å². The van der Waals surface area contributed by atoms with Crippen molar-refractivity contribution in [2.45, 2.75) is 20.8 Å². The molecule has 0 aromatic heterocycles. The van der Waals surface area contributed by atoms with E-state index in [1.54, 1.807) is 11.0 Å². The van der Waals surface area contributed by atoms with E-state index in [1.807, 2.05) is 32.9 Å². The topological polar surface area (TPSA) is 55.6 Å². The standard InChI is InChI=1S/C14H22N2O2/c1-4-16(8-9-18-5-2)14(17)12-10-11(3)6-7-13(12)15/h6-7,10H,4-5,8-9,15H2,1-3H3. The lowest BCUT2D eigenvalue weighted by molar-refractivity contribution is 0.0670. The Labute approximate surface area is 109 Å². The molecule has 100 valence electrons. The van der Waals surface area contributed by atoms with Crippen molar-refractivity contribution in [2.75, 3.05) is 32.0 Å². The predicted octanol–water partition coefficient (Wildman–Crippen LogP) is 2.08. The number of amides is 1. The number of likely N-dealkylation sites (N-methyl/N-ethyl adjacent to an activating group) is 1. The third kappa shape index (κ3) is 3.74. The molecule has 1 amide bonds. The molecule has 0 aliphatic heterocycles. The molecule has 0 saturated heterocycles. The Morgan fingerprint density at radius 3 is 2.72 bits per heavy atom. The first-order chi connectivity index (χ1) is 8.60. The monoisotopic (exact) mass is 250 g/mol. The molecule has 4 nitrogen and oxygen atoms in total. The lowest BCUT2D eigenvalue weighted by atomic mass is 10.1. The van der Waals surface area contributed by atoms with Crippen molar-refractivity contribution in [3.05, 3.63) is 29.3 Å². The zero-order valence-electron chi connectivity index (χ0n) is 11.4. The molecule has 1 aromatic carbocycles. The molecule has 0 bridgehead atoms. The van der Waals surface area contributed by atoms with Gasteiger partial charge in [-0.05, 0) is 32.9 Å². The minimum absolute atomic E-state index is 0.0293. The van der Waals surface area contributed by atoms with Gasteiger partial charge in [0.1, 0.15) is 0 Å². The van der Waals surface area contributed by atoms with Crippen LogP contribution in [0.5, 0.6) is 0 Å². The van der Waals surface area contributed by atoms with Gasteiger partial charge < -0.3 is 15.4 Å². The number of aryl methyl sites for hydroxylation is 1. The molecular formula is C14H22N2O2. The Hall–Kier alpha value is -1.55. The summed E-state index contributed by atoms with van der Waals surface area (Å²) < 4.78 is 5.28. The molecule has 18 heavy (non-hydrogen) atoms. The highest BCUT2D eigenvalue weighted by Gasteiger charge is 2.16. The van der Waals surface area contributed by atoms with E-state index in [-0.39, 0.29) is 5.91 Å². The lowest BCUT2D eigenvalue weighted by Gasteiger charge is -2.21. The van der Waals surface area contributed by atoms with Crippen LogP contribution in [0.3, 0.4) is 0 Å². The number of benzene rings is 1. The second-order valence-electron chi connectivity index (χ2n) is 4.17. The summed E-state index contributed by atoms with van der Waals surface area (Å²) in [6.07, 6.45) is 0. The van der Waals surface area contributed by atoms with Gasteiger partial charge in [0.15, 0.2) is 0 Å². The summed E-state index contributed by atoms with van der Waals surface area (Å²) in [6.45, 7) is 8.31. The average molecular weight is 250 g/mol. The Kier molecular flexibility index (Phi) is 5.65. The second-order valence-corrected chi connectivity index (χ2v) is 4.17. The van der Waals surface area contributed by atoms with Crippen molar-refractivity contribution in [1.82, 2.24) is 4.90 Å². The zero-order chi connectivity index (χ0) is 13.5. The number of nitrogens with zero attached hydrogens (tertiary/aromatic N) is 1. The molecule has 1 aromatic rings. The highest BCUT2D eigenvalue weighted by Crippen LogP contribution is 2.16. The van der Waals surface area contributed by atoms with Crippen molar-refractivity contribution in [3.8, 4) is 0 Å². The van der Waals surface area contributed by atoms with Gasteiger partial charge in [0.2, 0.25) is 0 Å². The molecule has 0 unspecified atom stereocenters. The lowest BCUT2D eigenvalue weighted by Crippen LogP contribution is -2.34. The molecule has 0 aliphatic carbocycles. The number of rotatable bonds is 6. The molecule has 0 spiro atoms. The summed E-state index contributed by atoms with van der Waals surface area (Å²) in [5.41, 5.74) is 8.00. The van der Waals surface area contributed by atoms with E-state index < -0.39 is 0 Å². The summed E-state index contributed by atoms with van der Waals surface area (Å²) >= 11 is 0. The van der Waals surface area contributed by atoms with Crippen LogP contribution < -0.4 is 5.73 Å². The van der Waals surface area contributed by atoms with Crippen LogP contribution in [0.4, 0.5) is 5.69 Å². The molecule has 2 N–H and O–H groups in total. The predicted molar refractivity (Wildman–Crippen MR) is 73.7 cm³/mol. The normalized spacial score (nSPS) is 10.4. The quantitative estimate of drug-likeness (QED) is 0.621. The van der Waals surface area contributed by atoms with Crippen molar-refractivity contribution >= 4 is 11.6 Å². The van der Waals surface area contributed by atoms with E-state index in [4.69, 9.17) is 10.5 Å². The number of hydrogen-bond acceptors (Lipinski definition) is 3. The van der Waals surface area contributed by atoms with Crippen LogP contribution in [-0.4, -0.2) is 37.1 Å². The largest absolute Gasteiger partial charge is 0.398 e. The second kappa shape index (κ2) is 7.01. The summed E-state index contributed by atoms with van der Waals surface area (Å²) in [5, 5.41) is 0. The van der Waals surface area contributed by atoms with Crippen LogP contribution in [0.15, 0.2) is 18.2 Å². The van der Waals surface area contributed by atoms with E-state index in [2.05, 4.69) is 0 Å². The number of carbonyl (C=O) groups is 1. The molecule has 0 saturated carbocycles. The van der Waals surface area contributed by atoms with Crippen LogP contribution in [0.2, 0.25) is 0 Å². The highest BCUT2D eigenvalue weighted by atomic mass is 16.5. The maximum absolute atomic E-state index is 12.3. The van der Waals surface area contributed by atoms with Gasteiger partial charge in [-0.15, -0.1) is 0 Å². The van der Waals surface area contributed by atoms with Crippen LogP contribution >= 0.6 is 0 Å². The van der Waals surface area contributed by atoms with E-state index in [0.29, 0.717) is 37.6 Å². The minimum atomic E-state index is -0.0293. The molecule has 0 aliphatic rings. The number of anilines is 1. The van der Waals surface area contributed by atoms with E-state index in [1.165, 1.54) is 0 Å². The van der Waals surface area contributed by atoms with Crippen molar-refractivity contribution in [3.63, 3.8) is 0 Å². The van der Waals surface area contributed by atoms with Gasteiger partial charge in [-0.3, -0.25) is 4.79 Å². The minimum Gasteiger partial charge on any atom is -0.398 e. The number of nitrogen functional groups attached to an aromatic ring is 1. The maximum Gasteiger partial charge on any atom is 0.256 e. The summed E-state index contributed by atoms with van der Waals surface area (Å²) in [7, 11) is 0. The fourth-order valence-corrected chi connectivity index (χ4v) is 1.75. The zero-order valence-corrected chi connectivity index (χ0v) is 11.4. The first kappa shape index (κ1) is 14.5. The van der Waals surface area contributed by atoms with E-state index >= 15 is 0 Å². The Morgan fingerprint density at radius 2 is 2.11 bits per heavy atom. The van der Waals surface area contributed by atoms with Gasteiger partial charge in [0, 0.05) is 25.4 Å². The van der Waals surface area contributed by atoms with Crippen LogP contribution in [-0.2, 0) is 4.74 Å². The number of nitrogens with two attached hydrogens (primary N) is 1. The Morgan fingerprint density at radius 1 is 1.39 bits per heavy atom. The number of ether oxygens (including phenoxy) is 1. The molecule has 0 atom stereocenters. The fourth-order valence-electron chi connectivity index (χ4n) is 1.75. The van der Waals surface area contributed by atoms with Crippen LogP contribution in [0.25, 0.3) is 0 Å². The van der Waals surface area contributed by atoms with Crippen LogP contribution in [0.1, 0.15) is 29.8 Å². The Bertz CT molecular complexity index is 405. The van der Waals surface area contributed by atoms with Crippen molar-refractivity contribution in [1.29, 1.82) is 0 Å². The fraction of sp³-hybridized carbons (Fsp3) is 0.500. The summed E-state index contributed by atoms with van der Waals surface area (Å²) in [6, 6.07) is 5.52. The molecular weight excluding hydrogens is 228 g/mol. The first-order valence-corrected chi connectivity index (χ1v) is 6.33. The smallest absolute Gasteiger partial charge is 0.256 e. The SMILES string of the molecule is CCOCCN(CC)C(=O)c1cc(C)ccc1N. The van der Waals surface area contributed by atoms with Gasteiger partial charge >= 0.3 is 0 Å². The molecule has 0 fully saturated rings. The third-order valence-electron chi connectivity index (χ3n) is 2.82. The van der Waals surface area contributed by atoms with Gasteiger partial charge in [-0.1, -0.05) is 11.6 Å². The summed E-state index contributed by atoms with van der Waals surface area (Å²) in [4.78, 5) is 14.1. The van der Waals surface area contributed by atoms with Gasteiger partial charge in [-0.2, -0.15) is 0 Å². The first-order valence-electron chi connectivity index (χ1n) is 6.33. The molecule has 0 heterocycles. The molecule has 1 rings (SSSR count).